The van der Waals surface area contributed by atoms with Crippen LogP contribution in [0.15, 0.2) is 35.6 Å². The molecule has 0 spiro atoms. The maximum atomic E-state index is 12.5. The third-order valence-corrected chi connectivity index (χ3v) is 5.13. The van der Waals surface area contributed by atoms with Crippen molar-refractivity contribution in [2.24, 2.45) is 11.8 Å². The third kappa shape index (κ3) is 2.90. The van der Waals surface area contributed by atoms with Gasteiger partial charge in [-0.25, -0.2) is 4.79 Å². The Balaban J connectivity index is 2.05. The molecule has 3 rings (SSSR count). The predicted molar refractivity (Wildman–Crippen MR) is 88.2 cm³/mol. The van der Waals surface area contributed by atoms with E-state index in [9.17, 15) is 14.4 Å². The van der Waals surface area contributed by atoms with Crippen LogP contribution in [0.5, 0.6) is 0 Å². The van der Waals surface area contributed by atoms with Crippen molar-refractivity contribution in [1.29, 1.82) is 0 Å². The first-order valence-corrected chi connectivity index (χ1v) is 8.33. The van der Waals surface area contributed by atoms with Crippen molar-refractivity contribution in [2.75, 3.05) is 0 Å². The fourth-order valence-corrected chi connectivity index (χ4v) is 3.58. The van der Waals surface area contributed by atoms with E-state index in [1.807, 2.05) is 0 Å². The molecule has 0 aromatic rings. The summed E-state index contributed by atoms with van der Waals surface area (Å²) in [5.74, 6) is -1.45. The van der Waals surface area contributed by atoms with E-state index in [-0.39, 0.29) is 29.7 Å². The summed E-state index contributed by atoms with van der Waals surface area (Å²) in [5.41, 5.74) is -0.158. The molecule has 25 heavy (non-hydrogen) atoms. The second-order valence-corrected chi connectivity index (χ2v) is 7.25. The summed E-state index contributed by atoms with van der Waals surface area (Å²) >= 11 is 0. The summed E-state index contributed by atoms with van der Waals surface area (Å²) in [6.45, 7) is 10.4. The van der Waals surface area contributed by atoms with Gasteiger partial charge >= 0.3 is 11.9 Å². The van der Waals surface area contributed by atoms with Gasteiger partial charge in [0, 0.05) is 18.1 Å². The quantitative estimate of drug-likeness (QED) is 0.564. The normalized spacial score (nSPS) is 38.9. The Hall–Kier alpha value is -2.37. The number of carbonyl (C=O) groups is 3. The fraction of sp³-hybridized carbons (Fsp3) is 0.526. The van der Waals surface area contributed by atoms with Gasteiger partial charge < -0.3 is 14.2 Å². The molecule has 3 heterocycles. The molecule has 1 saturated heterocycles. The summed E-state index contributed by atoms with van der Waals surface area (Å²) in [7, 11) is 0. The van der Waals surface area contributed by atoms with Crippen molar-refractivity contribution >= 4 is 17.7 Å². The summed E-state index contributed by atoms with van der Waals surface area (Å²) in [6, 6.07) is 0. The highest BCUT2D eigenvalue weighted by Crippen LogP contribution is 2.42. The van der Waals surface area contributed by atoms with E-state index in [0.717, 1.165) is 5.57 Å². The molecule has 0 aromatic heterocycles. The lowest BCUT2D eigenvalue weighted by Crippen LogP contribution is -2.44. The van der Waals surface area contributed by atoms with E-state index in [0.29, 0.717) is 5.76 Å². The highest BCUT2D eigenvalue weighted by atomic mass is 16.6. The third-order valence-electron chi connectivity index (χ3n) is 5.13. The van der Waals surface area contributed by atoms with Gasteiger partial charge in [-0.3, -0.25) is 9.59 Å². The Morgan fingerprint density at radius 3 is 2.72 bits per heavy atom. The van der Waals surface area contributed by atoms with Crippen LogP contribution in [-0.4, -0.2) is 35.5 Å². The number of ether oxygens (including phenoxy) is 3. The maximum Gasteiger partial charge on any atom is 0.333 e. The Morgan fingerprint density at radius 2 is 2.08 bits per heavy atom. The van der Waals surface area contributed by atoms with E-state index < -0.39 is 29.7 Å². The molecule has 2 bridgehead atoms. The van der Waals surface area contributed by atoms with Crippen LogP contribution in [0.4, 0.5) is 0 Å². The SMILES string of the molecule is C=C(C)C(=O)O[C@H]1C[C@@]2(C)OC(=CC2=O)/C(C)=C\[C@H]2OC(=O)[C@H](C)[C@H]12. The van der Waals surface area contributed by atoms with Crippen molar-refractivity contribution < 1.29 is 28.6 Å². The Kier molecular flexibility index (Phi) is 4.09. The van der Waals surface area contributed by atoms with Gasteiger partial charge in [0.1, 0.15) is 18.0 Å². The monoisotopic (exact) mass is 346 g/mol. The minimum Gasteiger partial charge on any atom is -0.479 e. The Labute approximate surface area is 146 Å². The molecule has 0 unspecified atom stereocenters. The second-order valence-electron chi connectivity index (χ2n) is 7.25. The number of ketones is 1. The molecule has 6 nitrogen and oxygen atoms in total. The molecular weight excluding hydrogens is 324 g/mol. The van der Waals surface area contributed by atoms with E-state index in [4.69, 9.17) is 14.2 Å². The largest absolute Gasteiger partial charge is 0.479 e. The molecular formula is C19H22O6. The lowest BCUT2D eigenvalue weighted by molar-refractivity contribution is -0.154. The molecule has 6 heteroatoms. The highest BCUT2D eigenvalue weighted by Gasteiger charge is 2.53. The molecule has 5 atom stereocenters. The van der Waals surface area contributed by atoms with Crippen molar-refractivity contribution in [2.45, 2.75) is 51.9 Å². The van der Waals surface area contributed by atoms with Gasteiger partial charge in [-0.05, 0) is 32.4 Å². The summed E-state index contributed by atoms with van der Waals surface area (Å²) in [5, 5.41) is 0. The Morgan fingerprint density at radius 1 is 1.40 bits per heavy atom. The topological polar surface area (TPSA) is 78.9 Å². The molecule has 0 aromatic carbocycles. The average Bonchev–Trinajstić information content (AvgIpc) is 2.96. The Bertz CT molecular complexity index is 730. The van der Waals surface area contributed by atoms with Crippen LogP contribution >= 0.6 is 0 Å². The van der Waals surface area contributed by atoms with Gasteiger partial charge in [0.2, 0.25) is 5.78 Å². The number of esters is 2. The molecule has 3 aliphatic rings. The molecule has 0 saturated carbocycles. The van der Waals surface area contributed by atoms with Gasteiger partial charge in [-0.1, -0.05) is 13.5 Å². The zero-order chi connectivity index (χ0) is 18.5. The molecule has 0 radical (unpaired) electrons. The van der Waals surface area contributed by atoms with Gasteiger partial charge in [-0.15, -0.1) is 0 Å². The fourth-order valence-electron chi connectivity index (χ4n) is 3.58. The van der Waals surface area contributed by atoms with Crippen molar-refractivity contribution in [3.63, 3.8) is 0 Å². The number of rotatable bonds is 2. The number of hydrogen-bond acceptors (Lipinski definition) is 6. The van der Waals surface area contributed by atoms with Crippen LogP contribution in [0.1, 0.15) is 34.1 Å². The van der Waals surface area contributed by atoms with Crippen LogP contribution in [0.3, 0.4) is 0 Å². The van der Waals surface area contributed by atoms with E-state index >= 15 is 0 Å². The van der Waals surface area contributed by atoms with Crippen molar-refractivity contribution in [3.8, 4) is 0 Å². The first kappa shape index (κ1) is 17.5. The smallest absolute Gasteiger partial charge is 0.333 e. The molecule has 1 fully saturated rings. The van der Waals surface area contributed by atoms with Crippen LogP contribution in [0, 0.1) is 11.8 Å². The first-order chi connectivity index (χ1) is 11.6. The lowest BCUT2D eigenvalue weighted by Gasteiger charge is -2.32. The highest BCUT2D eigenvalue weighted by molar-refractivity contribution is 6.00. The summed E-state index contributed by atoms with van der Waals surface area (Å²) < 4.78 is 17.0. The number of fused-ring (bicyclic) bond motifs is 3. The van der Waals surface area contributed by atoms with E-state index in [2.05, 4.69) is 6.58 Å². The average molecular weight is 346 g/mol. The minimum atomic E-state index is -1.13. The predicted octanol–water partition coefficient (Wildman–Crippen LogP) is 2.24. The van der Waals surface area contributed by atoms with E-state index in [1.54, 1.807) is 33.8 Å². The van der Waals surface area contributed by atoms with Gasteiger partial charge in [0.15, 0.2) is 5.60 Å². The van der Waals surface area contributed by atoms with Gasteiger partial charge in [0.25, 0.3) is 0 Å². The molecule has 0 amide bonds. The zero-order valence-corrected chi connectivity index (χ0v) is 14.8. The summed E-state index contributed by atoms with van der Waals surface area (Å²) in [4.78, 5) is 36.7. The van der Waals surface area contributed by atoms with Crippen LogP contribution in [-0.2, 0) is 28.6 Å². The number of allylic oxidation sites excluding steroid dienone is 1. The molecule has 0 aliphatic carbocycles. The molecule has 3 aliphatic heterocycles. The zero-order valence-electron chi connectivity index (χ0n) is 14.8. The van der Waals surface area contributed by atoms with E-state index in [1.165, 1.54) is 6.08 Å². The van der Waals surface area contributed by atoms with Crippen molar-refractivity contribution in [1.82, 2.24) is 0 Å². The lowest BCUT2D eigenvalue weighted by atomic mass is 9.80. The van der Waals surface area contributed by atoms with Gasteiger partial charge in [-0.2, -0.15) is 0 Å². The molecule has 134 valence electrons. The van der Waals surface area contributed by atoms with Crippen LogP contribution in [0.2, 0.25) is 0 Å². The minimum absolute atomic E-state index is 0.147. The second kappa shape index (κ2) is 5.86. The van der Waals surface area contributed by atoms with Crippen LogP contribution < -0.4 is 0 Å². The van der Waals surface area contributed by atoms with Gasteiger partial charge in [0.05, 0.1) is 11.8 Å². The molecule has 0 N–H and O–H groups in total. The summed E-state index contributed by atoms with van der Waals surface area (Å²) in [6.07, 6.45) is 2.12. The first-order valence-electron chi connectivity index (χ1n) is 8.33. The van der Waals surface area contributed by atoms with Crippen molar-refractivity contribution in [3.05, 3.63) is 35.6 Å². The number of carbonyl (C=O) groups excluding carboxylic acids is 3. The standard InChI is InChI=1S/C19H22O6/c1-9(2)17(21)24-14-8-19(5)15(20)7-12(25-19)10(3)6-13-16(14)11(4)18(22)23-13/h6-7,11,13-14,16H,1,8H2,2-5H3/b10-6-/t11-,13-,14+,16+,19-/m1/s1. The maximum absolute atomic E-state index is 12.5. The number of hydrogen-bond donors (Lipinski definition) is 0. The van der Waals surface area contributed by atoms with Crippen LogP contribution in [0.25, 0.3) is 0 Å².